The van der Waals surface area contributed by atoms with E-state index in [2.05, 4.69) is 35.7 Å². The second kappa shape index (κ2) is 8.34. The number of anilines is 2. The molecule has 106 valence electrons. The maximum atomic E-state index is 6.02. The van der Waals surface area contributed by atoms with Crippen LogP contribution in [0, 0.1) is 0 Å². The van der Waals surface area contributed by atoms with Crippen molar-refractivity contribution in [3.63, 3.8) is 0 Å². The quantitative estimate of drug-likeness (QED) is 0.530. The number of aryl methyl sites for hydroxylation is 1. The standard InChI is InChI=1S/C14H24N4O/c1-4-7-10-19-14-12(15)13(16-9-6-3)17-11(18-14)8-5-2/h6H,3-5,7-10,15H2,1-2H3,(H,16,17,18). The maximum Gasteiger partial charge on any atom is 0.242 e. The topological polar surface area (TPSA) is 73.1 Å². The number of unbranched alkanes of at least 4 members (excludes halogenated alkanes) is 1. The zero-order valence-corrected chi connectivity index (χ0v) is 11.9. The molecule has 19 heavy (non-hydrogen) atoms. The fraction of sp³-hybridized carbons (Fsp3) is 0.571. The van der Waals surface area contributed by atoms with Crippen molar-refractivity contribution in [1.82, 2.24) is 9.97 Å². The van der Waals surface area contributed by atoms with E-state index in [9.17, 15) is 0 Å². The molecule has 0 unspecified atom stereocenters. The first-order valence-electron chi connectivity index (χ1n) is 6.86. The van der Waals surface area contributed by atoms with Crippen LogP contribution in [0.1, 0.15) is 38.9 Å². The molecule has 0 aliphatic heterocycles. The molecule has 0 aliphatic rings. The summed E-state index contributed by atoms with van der Waals surface area (Å²) < 4.78 is 5.64. The highest BCUT2D eigenvalue weighted by molar-refractivity contribution is 5.67. The Morgan fingerprint density at radius 1 is 1.32 bits per heavy atom. The largest absolute Gasteiger partial charge is 0.476 e. The molecule has 1 aromatic rings. The van der Waals surface area contributed by atoms with Gasteiger partial charge in [0.05, 0.1) is 6.61 Å². The van der Waals surface area contributed by atoms with E-state index in [-0.39, 0.29) is 0 Å². The predicted octanol–water partition coefficient (Wildman–Crippen LogP) is 2.79. The van der Waals surface area contributed by atoms with Gasteiger partial charge in [-0.25, -0.2) is 4.98 Å². The third-order valence-corrected chi connectivity index (χ3v) is 2.58. The van der Waals surface area contributed by atoms with Crippen LogP contribution in [0.4, 0.5) is 11.5 Å². The molecule has 0 radical (unpaired) electrons. The van der Waals surface area contributed by atoms with E-state index >= 15 is 0 Å². The third kappa shape index (κ3) is 4.77. The van der Waals surface area contributed by atoms with Crippen molar-refractivity contribution in [2.24, 2.45) is 0 Å². The lowest BCUT2D eigenvalue weighted by Crippen LogP contribution is -2.11. The summed E-state index contributed by atoms with van der Waals surface area (Å²) in [5.41, 5.74) is 6.49. The summed E-state index contributed by atoms with van der Waals surface area (Å²) in [6.07, 6.45) is 5.63. The molecule has 1 heterocycles. The highest BCUT2D eigenvalue weighted by Gasteiger charge is 2.12. The van der Waals surface area contributed by atoms with Crippen LogP contribution < -0.4 is 15.8 Å². The van der Waals surface area contributed by atoms with E-state index in [4.69, 9.17) is 10.5 Å². The third-order valence-electron chi connectivity index (χ3n) is 2.58. The smallest absolute Gasteiger partial charge is 0.242 e. The van der Waals surface area contributed by atoms with Gasteiger partial charge in [0.2, 0.25) is 5.88 Å². The molecule has 0 saturated heterocycles. The molecular formula is C14H24N4O. The number of aromatic nitrogens is 2. The molecule has 1 rings (SSSR count). The first-order chi connectivity index (χ1) is 9.22. The Kier molecular flexibility index (Phi) is 6.71. The minimum absolute atomic E-state index is 0.470. The average molecular weight is 264 g/mol. The normalized spacial score (nSPS) is 10.2. The Morgan fingerprint density at radius 2 is 2.11 bits per heavy atom. The molecule has 0 aliphatic carbocycles. The van der Waals surface area contributed by atoms with Crippen LogP contribution in [0.25, 0.3) is 0 Å². The van der Waals surface area contributed by atoms with Gasteiger partial charge >= 0.3 is 0 Å². The van der Waals surface area contributed by atoms with E-state index in [0.29, 0.717) is 30.5 Å². The Bertz CT molecular complexity index is 407. The second-order valence-electron chi connectivity index (χ2n) is 4.33. The first kappa shape index (κ1) is 15.3. The summed E-state index contributed by atoms with van der Waals surface area (Å²) in [5, 5.41) is 3.12. The van der Waals surface area contributed by atoms with Crippen molar-refractivity contribution in [3.05, 3.63) is 18.5 Å². The van der Waals surface area contributed by atoms with Crippen molar-refractivity contribution < 1.29 is 4.74 Å². The van der Waals surface area contributed by atoms with E-state index in [0.717, 1.165) is 31.5 Å². The lowest BCUT2D eigenvalue weighted by molar-refractivity contribution is 0.298. The first-order valence-corrected chi connectivity index (χ1v) is 6.86. The summed E-state index contributed by atoms with van der Waals surface area (Å²) >= 11 is 0. The van der Waals surface area contributed by atoms with Crippen molar-refractivity contribution in [3.8, 4) is 5.88 Å². The molecule has 5 heteroatoms. The monoisotopic (exact) mass is 264 g/mol. The average Bonchev–Trinajstić information content (AvgIpc) is 2.41. The Hall–Kier alpha value is -1.78. The maximum absolute atomic E-state index is 6.02. The molecule has 5 nitrogen and oxygen atoms in total. The van der Waals surface area contributed by atoms with E-state index < -0.39 is 0 Å². The number of hydrogen-bond donors (Lipinski definition) is 2. The van der Waals surface area contributed by atoms with Crippen LogP contribution >= 0.6 is 0 Å². The van der Waals surface area contributed by atoms with Crippen LogP contribution in [-0.2, 0) is 6.42 Å². The molecule has 0 atom stereocenters. The van der Waals surface area contributed by atoms with E-state index in [1.165, 1.54) is 0 Å². The Morgan fingerprint density at radius 3 is 2.74 bits per heavy atom. The number of nitrogens with two attached hydrogens (primary N) is 1. The number of rotatable bonds is 9. The van der Waals surface area contributed by atoms with Crippen molar-refractivity contribution in [2.45, 2.75) is 39.5 Å². The fourth-order valence-corrected chi connectivity index (χ4v) is 1.56. The number of nitrogens with zero attached hydrogens (tertiary/aromatic N) is 2. The summed E-state index contributed by atoms with van der Waals surface area (Å²) in [7, 11) is 0. The number of nitrogen functional groups attached to an aromatic ring is 1. The Balaban J connectivity index is 2.91. The minimum atomic E-state index is 0.470. The van der Waals surface area contributed by atoms with Gasteiger partial charge in [-0.15, -0.1) is 6.58 Å². The van der Waals surface area contributed by atoms with Gasteiger partial charge < -0.3 is 15.8 Å². The molecule has 0 bridgehead atoms. The van der Waals surface area contributed by atoms with Crippen LogP contribution in [0.15, 0.2) is 12.7 Å². The Labute approximate surface area is 115 Å². The lowest BCUT2D eigenvalue weighted by Gasteiger charge is -2.13. The predicted molar refractivity (Wildman–Crippen MR) is 79.5 cm³/mol. The van der Waals surface area contributed by atoms with E-state index in [1.807, 2.05) is 0 Å². The lowest BCUT2D eigenvalue weighted by atomic mass is 10.3. The molecule has 0 fully saturated rings. The van der Waals surface area contributed by atoms with Crippen molar-refractivity contribution in [1.29, 1.82) is 0 Å². The number of nitrogens with one attached hydrogen (secondary N) is 1. The van der Waals surface area contributed by atoms with Gasteiger partial charge in [-0.05, 0) is 12.8 Å². The molecule has 1 aromatic heterocycles. The molecule has 0 spiro atoms. The van der Waals surface area contributed by atoms with Crippen LogP contribution in [0.3, 0.4) is 0 Å². The fourth-order valence-electron chi connectivity index (χ4n) is 1.56. The summed E-state index contributed by atoms with van der Waals surface area (Å²) in [4.78, 5) is 8.79. The summed E-state index contributed by atoms with van der Waals surface area (Å²) in [6, 6.07) is 0. The summed E-state index contributed by atoms with van der Waals surface area (Å²) in [6.45, 7) is 9.12. The minimum Gasteiger partial charge on any atom is -0.476 e. The highest BCUT2D eigenvalue weighted by Crippen LogP contribution is 2.26. The SMILES string of the molecule is C=CCNc1nc(CCC)nc(OCCCC)c1N. The summed E-state index contributed by atoms with van der Waals surface area (Å²) in [5.74, 6) is 1.87. The number of ether oxygens (including phenoxy) is 1. The zero-order chi connectivity index (χ0) is 14.1. The molecule has 0 saturated carbocycles. The van der Waals surface area contributed by atoms with Gasteiger partial charge in [0.15, 0.2) is 5.82 Å². The number of hydrogen-bond acceptors (Lipinski definition) is 5. The molecule has 0 aromatic carbocycles. The van der Waals surface area contributed by atoms with E-state index in [1.54, 1.807) is 6.08 Å². The highest BCUT2D eigenvalue weighted by atomic mass is 16.5. The van der Waals surface area contributed by atoms with Crippen molar-refractivity contribution >= 4 is 11.5 Å². The van der Waals surface area contributed by atoms with Gasteiger partial charge in [-0.3, -0.25) is 0 Å². The molecule has 3 N–H and O–H groups in total. The van der Waals surface area contributed by atoms with Gasteiger partial charge in [-0.1, -0.05) is 26.3 Å². The molecular weight excluding hydrogens is 240 g/mol. The van der Waals surface area contributed by atoms with Crippen molar-refractivity contribution in [2.75, 3.05) is 24.2 Å². The van der Waals surface area contributed by atoms with Gasteiger partial charge in [0, 0.05) is 13.0 Å². The zero-order valence-electron chi connectivity index (χ0n) is 11.9. The second-order valence-corrected chi connectivity index (χ2v) is 4.33. The van der Waals surface area contributed by atoms with Crippen LogP contribution in [-0.4, -0.2) is 23.1 Å². The van der Waals surface area contributed by atoms with Gasteiger partial charge in [0.25, 0.3) is 0 Å². The molecule has 0 amide bonds. The van der Waals surface area contributed by atoms with Crippen LogP contribution in [0.5, 0.6) is 5.88 Å². The van der Waals surface area contributed by atoms with Gasteiger partial charge in [0.1, 0.15) is 11.5 Å². The van der Waals surface area contributed by atoms with Crippen LogP contribution in [0.2, 0.25) is 0 Å². The van der Waals surface area contributed by atoms with Gasteiger partial charge in [-0.2, -0.15) is 4.98 Å².